The quantitative estimate of drug-likeness (QED) is 0.350. The van der Waals surface area contributed by atoms with Crippen LogP contribution in [0.4, 0.5) is 0 Å². The van der Waals surface area contributed by atoms with E-state index in [2.05, 4.69) is 0 Å². The molecular weight excluding hydrogens is 464 g/mol. The van der Waals surface area contributed by atoms with Gasteiger partial charge in [-0.2, -0.15) is 0 Å². The predicted molar refractivity (Wildman–Crippen MR) is 127 cm³/mol. The first-order valence-electron chi connectivity index (χ1n) is 11.1. The van der Waals surface area contributed by atoms with Crippen LogP contribution in [0.3, 0.4) is 0 Å². The molecular formula is C28H22O8. The monoisotopic (exact) mass is 486 g/mol. The molecule has 0 amide bonds. The largest absolute Gasteiger partial charge is 0.458 e. The smallest absolute Gasteiger partial charge is 0.338 e. The highest BCUT2D eigenvalue weighted by Crippen LogP contribution is 2.22. The Morgan fingerprint density at radius 1 is 0.722 bits per heavy atom. The van der Waals surface area contributed by atoms with Gasteiger partial charge in [0.25, 0.3) is 0 Å². The molecule has 0 saturated heterocycles. The van der Waals surface area contributed by atoms with Gasteiger partial charge in [-0.3, -0.25) is 0 Å². The van der Waals surface area contributed by atoms with Crippen LogP contribution in [0.25, 0.3) is 0 Å². The lowest BCUT2D eigenvalue weighted by Crippen LogP contribution is -2.48. The summed E-state index contributed by atoms with van der Waals surface area (Å²) in [5, 5.41) is 0. The average Bonchev–Trinajstić information content (AvgIpc) is 2.93. The molecule has 1 aliphatic heterocycles. The van der Waals surface area contributed by atoms with Crippen LogP contribution in [0, 0.1) is 0 Å². The molecule has 0 saturated carbocycles. The molecule has 3 aromatic carbocycles. The Hall–Kier alpha value is -4.72. The van der Waals surface area contributed by atoms with Crippen LogP contribution < -0.4 is 0 Å². The van der Waals surface area contributed by atoms with E-state index in [-0.39, 0.29) is 11.1 Å². The standard InChI is InChI=1S/C28H22O8/c29-24-17-16-22(34-27(31)20-12-6-2-7-13-20)25(36-24)23(35-28(32)21-14-8-3-9-15-21)18-33-26(30)19-10-4-1-5-11-19/h1-17,22-23,25H,18H2/t22-,23-,25+/m1/s1. The number of esters is 4. The number of cyclic esters (lactones) is 1. The third-order valence-electron chi connectivity index (χ3n) is 5.27. The Balaban J connectivity index is 1.56. The Labute approximate surface area is 207 Å². The van der Waals surface area contributed by atoms with Crippen molar-refractivity contribution in [3.8, 4) is 0 Å². The summed E-state index contributed by atoms with van der Waals surface area (Å²) in [6, 6.07) is 24.7. The zero-order chi connectivity index (χ0) is 25.3. The molecule has 0 N–H and O–H groups in total. The summed E-state index contributed by atoms with van der Waals surface area (Å²) in [6.45, 7) is -0.447. The summed E-state index contributed by atoms with van der Waals surface area (Å²) in [5.41, 5.74) is 0.820. The number of hydrogen-bond donors (Lipinski definition) is 0. The molecule has 1 heterocycles. The second-order valence-corrected chi connectivity index (χ2v) is 7.77. The average molecular weight is 486 g/mol. The van der Waals surface area contributed by atoms with Crippen LogP contribution in [-0.4, -0.2) is 48.8 Å². The number of carbonyl (C=O) groups excluding carboxylic acids is 4. The highest BCUT2D eigenvalue weighted by molar-refractivity contribution is 5.91. The summed E-state index contributed by atoms with van der Waals surface area (Å²) in [6.07, 6.45) is -1.16. The molecule has 0 fully saturated rings. The SMILES string of the molecule is O=C1C=C[C@@H](OC(=O)c2ccccc2)[C@@H]([C@@H](COC(=O)c2ccccc2)OC(=O)c2ccccc2)O1. The van der Waals surface area contributed by atoms with Crippen LogP contribution >= 0.6 is 0 Å². The number of rotatable bonds is 8. The van der Waals surface area contributed by atoms with Gasteiger partial charge in [0, 0.05) is 6.08 Å². The Morgan fingerprint density at radius 3 is 1.78 bits per heavy atom. The summed E-state index contributed by atoms with van der Waals surface area (Å²) < 4.78 is 22.0. The maximum Gasteiger partial charge on any atom is 0.338 e. The fourth-order valence-corrected chi connectivity index (χ4v) is 3.47. The topological polar surface area (TPSA) is 105 Å². The molecule has 0 spiro atoms. The third-order valence-corrected chi connectivity index (χ3v) is 5.27. The van der Waals surface area contributed by atoms with Gasteiger partial charge in [0.2, 0.25) is 0 Å². The van der Waals surface area contributed by atoms with E-state index in [1.54, 1.807) is 91.0 Å². The van der Waals surface area contributed by atoms with Crippen molar-refractivity contribution in [2.45, 2.75) is 18.3 Å². The third kappa shape index (κ3) is 6.24. The van der Waals surface area contributed by atoms with Gasteiger partial charge in [-0.15, -0.1) is 0 Å². The van der Waals surface area contributed by atoms with Gasteiger partial charge in [-0.1, -0.05) is 54.6 Å². The maximum atomic E-state index is 12.8. The molecule has 0 aromatic heterocycles. The Kier molecular flexibility index (Phi) is 7.87. The van der Waals surface area contributed by atoms with Crippen molar-refractivity contribution < 1.29 is 38.1 Å². The van der Waals surface area contributed by atoms with Crippen molar-refractivity contribution in [3.63, 3.8) is 0 Å². The van der Waals surface area contributed by atoms with Crippen LogP contribution in [0.15, 0.2) is 103 Å². The van der Waals surface area contributed by atoms with E-state index in [1.165, 1.54) is 6.08 Å². The van der Waals surface area contributed by atoms with Gasteiger partial charge in [-0.25, -0.2) is 19.2 Å². The zero-order valence-electron chi connectivity index (χ0n) is 19.0. The lowest BCUT2D eigenvalue weighted by atomic mass is 10.0. The normalized spacial score (nSPS) is 17.4. The first-order valence-corrected chi connectivity index (χ1v) is 11.1. The van der Waals surface area contributed by atoms with Crippen molar-refractivity contribution >= 4 is 23.9 Å². The van der Waals surface area contributed by atoms with Crippen LogP contribution in [0.1, 0.15) is 31.1 Å². The van der Waals surface area contributed by atoms with Gasteiger partial charge in [0.1, 0.15) is 6.61 Å². The first kappa shape index (κ1) is 24.4. The molecule has 8 heteroatoms. The number of ether oxygens (including phenoxy) is 4. The summed E-state index contributed by atoms with van der Waals surface area (Å²) in [5.74, 6) is -2.77. The van der Waals surface area contributed by atoms with E-state index >= 15 is 0 Å². The minimum Gasteiger partial charge on any atom is -0.458 e. The number of carbonyl (C=O) groups is 4. The van der Waals surface area contributed by atoms with Gasteiger partial charge >= 0.3 is 23.9 Å². The minimum atomic E-state index is -1.27. The van der Waals surface area contributed by atoms with E-state index in [4.69, 9.17) is 18.9 Å². The van der Waals surface area contributed by atoms with Crippen molar-refractivity contribution in [2.24, 2.45) is 0 Å². The van der Waals surface area contributed by atoms with Crippen molar-refractivity contribution in [2.75, 3.05) is 6.61 Å². The minimum absolute atomic E-state index is 0.243. The highest BCUT2D eigenvalue weighted by Gasteiger charge is 2.40. The van der Waals surface area contributed by atoms with E-state index in [9.17, 15) is 19.2 Å². The van der Waals surface area contributed by atoms with Crippen LogP contribution in [0.2, 0.25) is 0 Å². The molecule has 3 aromatic rings. The van der Waals surface area contributed by atoms with E-state index in [0.717, 1.165) is 6.08 Å². The molecule has 0 aliphatic carbocycles. The Morgan fingerprint density at radius 2 is 1.22 bits per heavy atom. The molecule has 3 atom stereocenters. The fourth-order valence-electron chi connectivity index (χ4n) is 3.47. The van der Waals surface area contributed by atoms with Crippen molar-refractivity contribution in [1.29, 1.82) is 0 Å². The lowest BCUT2D eigenvalue weighted by molar-refractivity contribution is -0.162. The van der Waals surface area contributed by atoms with Crippen molar-refractivity contribution in [1.82, 2.24) is 0 Å². The molecule has 36 heavy (non-hydrogen) atoms. The summed E-state index contributed by atoms with van der Waals surface area (Å²) in [7, 11) is 0. The second-order valence-electron chi connectivity index (χ2n) is 7.77. The van der Waals surface area contributed by atoms with E-state index in [1.807, 2.05) is 0 Å². The van der Waals surface area contributed by atoms with Gasteiger partial charge in [0.05, 0.1) is 16.7 Å². The van der Waals surface area contributed by atoms with Crippen LogP contribution in [0.5, 0.6) is 0 Å². The van der Waals surface area contributed by atoms with Gasteiger partial charge in [-0.05, 0) is 42.5 Å². The maximum absolute atomic E-state index is 12.8. The second kappa shape index (κ2) is 11.6. The van der Waals surface area contributed by atoms with E-state index in [0.29, 0.717) is 5.56 Å². The number of benzene rings is 3. The lowest BCUT2D eigenvalue weighted by Gasteiger charge is -2.32. The summed E-state index contributed by atoms with van der Waals surface area (Å²) >= 11 is 0. The molecule has 0 bridgehead atoms. The predicted octanol–water partition coefficient (Wildman–Crippen LogP) is 3.78. The molecule has 8 nitrogen and oxygen atoms in total. The van der Waals surface area contributed by atoms with Gasteiger partial charge < -0.3 is 18.9 Å². The molecule has 4 rings (SSSR count). The van der Waals surface area contributed by atoms with Crippen molar-refractivity contribution in [3.05, 3.63) is 120 Å². The summed E-state index contributed by atoms with van der Waals surface area (Å²) in [4.78, 5) is 50.1. The fraction of sp³-hybridized carbons (Fsp3) is 0.143. The molecule has 0 unspecified atom stereocenters. The van der Waals surface area contributed by atoms with Gasteiger partial charge in [0.15, 0.2) is 18.3 Å². The molecule has 182 valence electrons. The number of hydrogen-bond acceptors (Lipinski definition) is 8. The highest BCUT2D eigenvalue weighted by atomic mass is 16.6. The molecule has 0 radical (unpaired) electrons. The molecule has 1 aliphatic rings. The van der Waals surface area contributed by atoms with E-state index < -0.39 is 48.8 Å². The Bertz CT molecular complexity index is 1240. The first-order chi connectivity index (χ1) is 17.5. The van der Waals surface area contributed by atoms with Crippen LogP contribution in [-0.2, 0) is 23.7 Å². The zero-order valence-corrected chi connectivity index (χ0v) is 19.0.